The summed E-state index contributed by atoms with van der Waals surface area (Å²) >= 11 is 0. The van der Waals surface area contributed by atoms with Crippen LogP contribution in [0.5, 0.6) is 0 Å². The summed E-state index contributed by atoms with van der Waals surface area (Å²) in [4.78, 5) is 40.0. The molecule has 0 amide bonds. The first-order chi connectivity index (χ1) is 9.65. The number of nitrogens with zero attached hydrogens (tertiary/aromatic N) is 3. The first-order valence-electron chi connectivity index (χ1n) is 5.16. The molecule has 11 nitrogen and oxygen atoms in total. The second-order valence-electron chi connectivity index (χ2n) is 3.82. The summed E-state index contributed by atoms with van der Waals surface area (Å²) in [6, 6.07) is 1.08. The highest BCUT2D eigenvalue weighted by Gasteiger charge is 2.31. The van der Waals surface area contributed by atoms with Gasteiger partial charge in [0.05, 0.1) is 26.9 Å². The fourth-order valence-corrected chi connectivity index (χ4v) is 1.53. The lowest BCUT2D eigenvalue weighted by Crippen LogP contribution is -2.08. The largest absolute Gasteiger partial charge is 0.478 e. The van der Waals surface area contributed by atoms with Gasteiger partial charge in [0.2, 0.25) is 0 Å². The van der Waals surface area contributed by atoms with Gasteiger partial charge in [-0.3, -0.25) is 30.3 Å². The highest BCUT2D eigenvalue weighted by atomic mass is 16.6. The standard InChI is InChI=1S/C10H7N3O8/c1-5(10(14)15)2-7-8(12(18)19)3-6(11(16)17)4-9(7)13(20)21/h3-4H,1-2H2,(H,14,15). The molecule has 0 heterocycles. The third kappa shape index (κ3) is 3.34. The molecule has 0 atom stereocenters. The highest BCUT2D eigenvalue weighted by Crippen LogP contribution is 2.35. The minimum absolute atomic E-state index is 0.518. The smallest absolute Gasteiger partial charge is 0.331 e. The van der Waals surface area contributed by atoms with Crippen molar-refractivity contribution in [2.24, 2.45) is 0 Å². The molecule has 1 aromatic carbocycles. The van der Waals surface area contributed by atoms with Crippen LogP contribution in [0.2, 0.25) is 0 Å². The maximum absolute atomic E-state index is 10.9. The van der Waals surface area contributed by atoms with Crippen LogP contribution < -0.4 is 0 Å². The minimum Gasteiger partial charge on any atom is -0.478 e. The van der Waals surface area contributed by atoms with Crippen molar-refractivity contribution in [3.05, 3.63) is 60.2 Å². The molecule has 1 aromatic rings. The normalized spacial score (nSPS) is 9.90. The molecule has 0 aliphatic carbocycles. The molecule has 0 unspecified atom stereocenters. The van der Waals surface area contributed by atoms with Crippen molar-refractivity contribution in [3.63, 3.8) is 0 Å². The SMILES string of the molecule is C=C(Cc1c([N+](=O)[O-])cc([N+](=O)[O-])cc1[N+](=O)[O-])C(=O)O. The molecular weight excluding hydrogens is 290 g/mol. The predicted octanol–water partition coefficient (Wildman–Crippen LogP) is 1.59. The lowest BCUT2D eigenvalue weighted by atomic mass is 10.0. The van der Waals surface area contributed by atoms with E-state index in [2.05, 4.69) is 6.58 Å². The molecule has 0 spiro atoms. The van der Waals surface area contributed by atoms with Crippen molar-refractivity contribution in [1.82, 2.24) is 0 Å². The van der Waals surface area contributed by atoms with E-state index in [1.165, 1.54) is 0 Å². The van der Waals surface area contributed by atoms with Crippen LogP contribution >= 0.6 is 0 Å². The Hall–Kier alpha value is -3.37. The van der Waals surface area contributed by atoms with Crippen molar-refractivity contribution in [2.75, 3.05) is 0 Å². The molecule has 21 heavy (non-hydrogen) atoms. The number of carboxylic acid groups (broad SMARTS) is 1. The van der Waals surface area contributed by atoms with Crippen molar-refractivity contribution >= 4 is 23.0 Å². The summed E-state index contributed by atoms with van der Waals surface area (Å²) in [7, 11) is 0. The van der Waals surface area contributed by atoms with Gasteiger partial charge < -0.3 is 5.11 Å². The summed E-state index contributed by atoms with van der Waals surface area (Å²) < 4.78 is 0. The molecule has 11 heteroatoms. The Kier molecular flexibility index (Phi) is 4.28. The van der Waals surface area contributed by atoms with E-state index in [9.17, 15) is 35.1 Å². The Morgan fingerprint density at radius 1 is 1.05 bits per heavy atom. The zero-order valence-corrected chi connectivity index (χ0v) is 10.2. The molecule has 1 N–H and O–H groups in total. The van der Waals surface area contributed by atoms with Gasteiger partial charge in [0.1, 0.15) is 5.56 Å². The Morgan fingerprint density at radius 3 is 1.76 bits per heavy atom. The third-order valence-electron chi connectivity index (χ3n) is 2.48. The first kappa shape index (κ1) is 15.7. The number of hydrogen-bond acceptors (Lipinski definition) is 7. The Bertz CT molecular complexity index is 646. The lowest BCUT2D eigenvalue weighted by molar-refractivity contribution is -0.404. The van der Waals surface area contributed by atoms with E-state index in [0.29, 0.717) is 12.1 Å². The lowest BCUT2D eigenvalue weighted by Gasteiger charge is -2.04. The number of nitro benzene ring substituents is 3. The maximum atomic E-state index is 10.9. The molecule has 0 saturated heterocycles. The molecule has 1 rings (SSSR count). The number of carbonyl (C=O) groups is 1. The van der Waals surface area contributed by atoms with E-state index >= 15 is 0 Å². The fraction of sp³-hybridized carbons (Fsp3) is 0.100. The van der Waals surface area contributed by atoms with E-state index in [0.717, 1.165) is 0 Å². The maximum Gasteiger partial charge on any atom is 0.331 e. The van der Waals surface area contributed by atoms with Crippen molar-refractivity contribution in [3.8, 4) is 0 Å². The number of non-ortho nitro benzene ring substituents is 1. The Labute approximate surface area is 115 Å². The fourth-order valence-electron chi connectivity index (χ4n) is 1.53. The summed E-state index contributed by atoms with van der Waals surface area (Å²) in [6.07, 6.45) is -0.681. The van der Waals surface area contributed by atoms with E-state index in [1.807, 2.05) is 0 Å². The van der Waals surface area contributed by atoms with Crippen molar-refractivity contribution in [1.29, 1.82) is 0 Å². The van der Waals surface area contributed by atoms with Gasteiger partial charge in [0, 0.05) is 12.0 Å². The second kappa shape index (κ2) is 5.73. The van der Waals surface area contributed by atoms with Gasteiger partial charge in [0.25, 0.3) is 17.1 Å². The van der Waals surface area contributed by atoms with Gasteiger partial charge in [-0.2, -0.15) is 0 Å². The topological polar surface area (TPSA) is 167 Å². The molecule has 110 valence electrons. The number of hydrogen-bond donors (Lipinski definition) is 1. The van der Waals surface area contributed by atoms with Crippen LogP contribution in [-0.2, 0) is 11.2 Å². The van der Waals surface area contributed by atoms with Gasteiger partial charge in [-0.05, 0) is 0 Å². The quantitative estimate of drug-likeness (QED) is 0.469. The van der Waals surface area contributed by atoms with E-state index in [1.54, 1.807) is 0 Å². The molecule has 0 aliphatic rings. The van der Waals surface area contributed by atoms with Crippen LogP contribution in [0.4, 0.5) is 17.1 Å². The third-order valence-corrected chi connectivity index (χ3v) is 2.48. The van der Waals surface area contributed by atoms with Crippen LogP contribution in [-0.4, -0.2) is 25.8 Å². The first-order valence-corrected chi connectivity index (χ1v) is 5.16. The number of benzene rings is 1. The zero-order valence-electron chi connectivity index (χ0n) is 10.2. The molecular formula is C10H7N3O8. The van der Waals surface area contributed by atoms with E-state index < -0.39 is 55.4 Å². The Balaban J connectivity index is 3.61. The molecule has 0 aromatic heterocycles. The Morgan fingerprint density at radius 2 is 1.48 bits per heavy atom. The average molecular weight is 297 g/mol. The molecule has 0 radical (unpaired) electrons. The molecule has 0 fully saturated rings. The number of aliphatic carboxylic acids is 1. The summed E-state index contributed by atoms with van der Waals surface area (Å²) in [5.74, 6) is -1.49. The van der Waals surface area contributed by atoms with Gasteiger partial charge in [0.15, 0.2) is 0 Å². The minimum atomic E-state index is -1.49. The van der Waals surface area contributed by atoms with E-state index in [-0.39, 0.29) is 0 Å². The summed E-state index contributed by atoms with van der Waals surface area (Å²) in [5, 5.41) is 41.2. The van der Waals surface area contributed by atoms with Crippen LogP contribution in [0.15, 0.2) is 24.3 Å². The summed E-state index contributed by atoms with van der Waals surface area (Å²) in [6.45, 7) is 3.13. The number of nitro groups is 3. The van der Waals surface area contributed by atoms with Crippen LogP contribution in [0, 0.1) is 30.3 Å². The van der Waals surface area contributed by atoms with Crippen molar-refractivity contribution < 1.29 is 24.7 Å². The number of carboxylic acids is 1. The number of rotatable bonds is 6. The van der Waals surface area contributed by atoms with Crippen molar-refractivity contribution in [2.45, 2.75) is 6.42 Å². The van der Waals surface area contributed by atoms with Crippen LogP contribution in [0.3, 0.4) is 0 Å². The monoisotopic (exact) mass is 297 g/mol. The van der Waals surface area contributed by atoms with Crippen LogP contribution in [0.1, 0.15) is 5.56 Å². The van der Waals surface area contributed by atoms with Crippen LogP contribution in [0.25, 0.3) is 0 Å². The zero-order chi connectivity index (χ0) is 16.3. The average Bonchev–Trinajstić information content (AvgIpc) is 2.37. The molecule has 0 saturated carbocycles. The second-order valence-corrected chi connectivity index (χ2v) is 3.82. The van der Waals surface area contributed by atoms with E-state index in [4.69, 9.17) is 5.11 Å². The molecule has 0 bridgehead atoms. The highest BCUT2D eigenvalue weighted by molar-refractivity contribution is 5.87. The van der Waals surface area contributed by atoms with Gasteiger partial charge in [-0.15, -0.1) is 0 Å². The van der Waals surface area contributed by atoms with Gasteiger partial charge in [-0.25, -0.2) is 4.79 Å². The predicted molar refractivity (Wildman–Crippen MR) is 66.9 cm³/mol. The molecule has 0 aliphatic heterocycles. The summed E-state index contributed by atoms with van der Waals surface area (Å²) in [5.41, 5.74) is -3.72. The van der Waals surface area contributed by atoms with Gasteiger partial charge in [-0.1, -0.05) is 6.58 Å². The van der Waals surface area contributed by atoms with Gasteiger partial charge >= 0.3 is 5.97 Å².